The Morgan fingerprint density at radius 2 is 2.14 bits per heavy atom. The maximum absolute atomic E-state index is 5.86. The summed E-state index contributed by atoms with van der Waals surface area (Å²) in [5, 5.41) is 0. The van der Waals surface area contributed by atoms with Crippen molar-refractivity contribution in [1.29, 1.82) is 0 Å². The highest BCUT2D eigenvalue weighted by Gasteiger charge is 2.12. The topological polar surface area (TPSA) is 38.9 Å². The van der Waals surface area contributed by atoms with Gasteiger partial charge in [0.25, 0.3) is 0 Å². The van der Waals surface area contributed by atoms with Gasteiger partial charge in [-0.05, 0) is 31.0 Å². The number of nitrogens with zero attached hydrogens (tertiary/aromatic N) is 1. The van der Waals surface area contributed by atoms with E-state index >= 15 is 0 Å². The van der Waals surface area contributed by atoms with Crippen molar-refractivity contribution in [3.05, 3.63) is 41.6 Å². The molecule has 1 atom stereocenters. The summed E-state index contributed by atoms with van der Waals surface area (Å²) < 4.78 is 0. The molecule has 2 rings (SSSR count). The van der Waals surface area contributed by atoms with Gasteiger partial charge >= 0.3 is 0 Å². The van der Waals surface area contributed by atoms with Crippen LogP contribution in [0.25, 0.3) is 11.3 Å². The van der Waals surface area contributed by atoms with Crippen LogP contribution in [0.15, 0.2) is 30.5 Å². The predicted molar refractivity (Wildman–Crippen MR) is 58.2 cm³/mol. The molecule has 1 aliphatic carbocycles. The molecule has 14 heavy (non-hydrogen) atoms. The van der Waals surface area contributed by atoms with Gasteiger partial charge < -0.3 is 5.73 Å². The summed E-state index contributed by atoms with van der Waals surface area (Å²) in [6.45, 7) is 4.05. The van der Waals surface area contributed by atoms with Gasteiger partial charge in [-0.3, -0.25) is 4.98 Å². The molecule has 0 saturated heterocycles. The van der Waals surface area contributed by atoms with Gasteiger partial charge in [-0.1, -0.05) is 18.2 Å². The van der Waals surface area contributed by atoms with Crippen LogP contribution in [0.1, 0.15) is 24.1 Å². The smallest absolute Gasteiger partial charge is 0.0708 e. The molecule has 0 saturated carbocycles. The van der Waals surface area contributed by atoms with Gasteiger partial charge in [-0.2, -0.15) is 0 Å². The number of hydrogen-bond acceptors (Lipinski definition) is 2. The molecule has 0 radical (unpaired) electrons. The van der Waals surface area contributed by atoms with Crippen LogP contribution in [0, 0.1) is 6.92 Å². The van der Waals surface area contributed by atoms with E-state index < -0.39 is 0 Å². The zero-order valence-corrected chi connectivity index (χ0v) is 8.49. The van der Waals surface area contributed by atoms with Gasteiger partial charge in [0.15, 0.2) is 0 Å². The maximum Gasteiger partial charge on any atom is 0.0708 e. The molecule has 72 valence electrons. The van der Waals surface area contributed by atoms with Crippen LogP contribution >= 0.6 is 0 Å². The molecular formula is C12H14N2. The minimum Gasteiger partial charge on any atom is -0.324 e. The van der Waals surface area contributed by atoms with Crippen molar-refractivity contribution in [2.45, 2.75) is 19.9 Å². The highest BCUT2D eigenvalue weighted by atomic mass is 14.7. The lowest BCUT2D eigenvalue weighted by Crippen LogP contribution is -2.04. The number of hydrogen-bond donors (Lipinski definition) is 1. The Morgan fingerprint density at radius 3 is 2.86 bits per heavy atom. The summed E-state index contributed by atoms with van der Waals surface area (Å²) in [5.74, 6) is 0. The first-order valence-corrected chi connectivity index (χ1v) is 4.79. The predicted octanol–water partition coefficient (Wildman–Crippen LogP) is 2.51. The van der Waals surface area contributed by atoms with Crippen molar-refractivity contribution < 1.29 is 0 Å². The number of nitrogens with two attached hydrogens (primary N) is 1. The average Bonchev–Trinajstić information content (AvgIpc) is 2.41. The summed E-state index contributed by atoms with van der Waals surface area (Å²) in [4.78, 5) is 4.36. The van der Waals surface area contributed by atoms with Crippen molar-refractivity contribution in [3.63, 3.8) is 0 Å². The first-order valence-electron chi connectivity index (χ1n) is 4.79. The van der Waals surface area contributed by atoms with Gasteiger partial charge in [0, 0.05) is 17.8 Å². The second-order valence-corrected chi connectivity index (χ2v) is 3.72. The van der Waals surface area contributed by atoms with Crippen LogP contribution in [0.5, 0.6) is 0 Å². The Morgan fingerprint density at radius 1 is 1.36 bits per heavy atom. The van der Waals surface area contributed by atoms with E-state index in [0.717, 1.165) is 16.8 Å². The Hall–Kier alpha value is -1.41. The van der Waals surface area contributed by atoms with Gasteiger partial charge in [0.1, 0.15) is 0 Å². The monoisotopic (exact) mass is 186 g/mol. The van der Waals surface area contributed by atoms with Gasteiger partial charge in [0.2, 0.25) is 0 Å². The molecule has 0 fully saturated rings. The first kappa shape index (κ1) is 9.16. The Bertz CT molecular complexity index is 421. The molecule has 0 aromatic rings. The molecular weight excluding hydrogens is 172 g/mol. The van der Waals surface area contributed by atoms with Gasteiger partial charge in [-0.15, -0.1) is 0 Å². The van der Waals surface area contributed by atoms with E-state index in [9.17, 15) is 0 Å². The number of aryl methyl sites for hydroxylation is 1. The van der Waals surface area contributed by atoms with Crippen molar-refractivity contribution in [2.24, 2.45) is 5.73 Å². The summed E-state index contributed by atoms with van der Waals surface area (Å²) in [6, 6.07) is 8.33. The van der Waals surface area contributed by atoms with Crippen molar-refractivity contribution in [1.82, 2.24) is 4.98 Å². The SMILES string of the molecule is Cc1cccc2c(C(C)N)cnc-2c1. The highest BCUT2D eigenvalue weighted by molar-refractivity contribution is 5.66. The number of rotatable bonds is 1. The third-order valence-corrected chi connectivity index (χ3v) is 2.41. The fraction of sp³-hybridized carbons (Fsp3) is 0.250. The van der Waals surface area contributed by atoms with E-state index in [1.54, 1.807) is 0 Å². The summed E-state index contributed by atoms with van der Waals surface area (Å²) in [7, 11) is 0. The summed E-state index contributed by atoms with van der Waals surface area (Å²) in [5.41, 5.74) is 10.4. The van der Waals surface area contributed by atoms with E-state index in [1.807, 2.05) is 19.2 Å². The van der Waals surface area contributed by atoms with Crippen LogP contribution in [0.3, 0.4) is 0 Å². The lowest BCUT2D eigenvalue weighted by atomic mass is 10.1. The van der Waals surface area contributed by atoms with Crippen molar-refractivity contribution in [2.75, 3.05) is 0 Å². The Balaban J connectivity index is 2.62. The van der Waals surface area contributed by atoms with Crippen molar-refractivity contribution >= 4 is 0 Å². The minimum absolute atomic E-state index is 0.0442. The van der Waals surface area contributed by atoms with E-state index in [-0.39, 0.29) is 6.04 Å². The third-order valence-electron chi connectivity index (χ3n) is 2.41. The molecule has 0 amide bonds. The number of fused-ring (bicyclic) bond motifs is 1. The fourth-order valence-electron chi connectivity index (χ4n) is 1.65. The third kappa shape index (κ3) is 1.49. The Labute approximate surface area is 84.1 Å². The van der Waals surface area contributed by atoms with Gasteiger partial charge in [0.05, 0.1) is 5.69 Å². The molecule has 0 aromatic carbocycles. The zero-order valence-electron chi connectivity index (χ0n) is 8.49. The van der Waals surface area contributed by atoms with E-state index in [2.05, 4.69) is 30.1 Å². The second-order valence-electron chi connectivity index (χ2n) is 3.72. The van der Waals surface area contributed by atoms with Crippen LogP contribution in [-0.4, -0.2) is 4.98 Å². The van der Waals surface area contributed by atoms with Gasteiger partial charge in [-0.25, -0.2) is 0 Å². The molecule has 0 aromatic heterocycles. The van der Waals surface area contributed by atoms with Crippen LogP contribution in [-0.2, 0) is 0 Å². The zero-order chi connectivity index (χ0) is 10.1. The van der Waals surface area contributed by atoms with E-state index in [1.165, 1.54) is 5.56 Å². The van der Waals surface area contributed by atoms with E-state index in [4.69, 9.17) is 5.73 Å². The summed E-state index contributed by atoms with van der Waals surface area (Å²) in [6.07, 6.45) is 1.87. The highest BCUT2D eigenvalue weighted by Crippen LogP contribution is 2.28. The Kier molecular flexibility index (Phi) is 2.22. The fourth-order valence-corrected chi connectivity index (χ4v) is 1.65. The molecule has 1 unspecified atom stereocenters. The minimum atomic E-state index is 0.0442. The summed E-state index contributed by atoms with van der Waals surface area (Å²) >= 11 is 0. The van der Waals surface area contributed by atoms with Crippen LogP contribution in [0.2, 0.25) is 0 Å². The quantitative estimate of drug-likeness (QED) is 0.743. The molecule has 1 aliphatic heterocycles. The molecule has 2 heteroatoms. The van der Waals surface area contributed by atoms with Crippen molar-refractivity contribution in [3.8, 4) is 11.3 Å². The standard InChI is InChI=1S/C12H14N2/c1-8-4-3-5-10-11(9(2)13)7-14-12(10)6-8/h3-7,9H,13H2,1-2H3. The van der Waals surface area contributed by atoms with E-state index in [0.29, 0.717) is 0 Å². The second kappa shape index (κ2) is 3.39. The van der Waals surface area contributed by atoms with Crippen LogP contribution < -0.4 is 5.73 Å². The molecule has 1 heterocycles. The number of aromatic nitrogens is 1. The molecule has 2 aliphatic rings. The lowest BCUT2D eigenvalue weighted by molar-refractivity contribution is 0.822. The molecule has 2 nitrogen and oxygen atoms in total. The lowest BCUT2D eigenvalue weighted by Gasteiger charge is -2.02. The normalized spacial score (nSPS) is 13.1. The molecule has 2 N–H and O–H groups in total. The first-order chi connectivity index (χ1) is 6.68. The molecule has 0 bridgehead atoms. The average molecular weight is 186 g/mol. The maximum atomic E-state index is 5.86. The largest absolute Gasteiger partial charge is 0.324 e. The molecule has 0 spiro atoms. The van der Waals surface area contributed by atoms with Crippen LogP contribution in [0.4, 0.5) is 0 Å².